The summed E-state index contributed by atoms with van der Waals surface area (Å²) in [5.74, 6) is 1.78. The quantitative estimate of drug-likeness (QED) is 0.236. The van der Waals surface area contributed by atoms with Crippen molar-refractivity contribution < 1.29 is 4.79 Å². The van der Waals surface area contributed by atoms with Gasteiger partial charge in [0.05, 0.1) is 22.7 Å². The lowest BCUT2D eigenvalue weighted by Crippen LogP contribution is -2.38. The molecular weight excluding hydrogens is 520 g/mol. The van der Waals surface area contributed by atoms with Crippen LogP contribution in [0.25, 0.3) is 16.7 Å². The first-order chi connectivity index (χ1) is 20.5. The molecule has 0 bridgehead atoms. The van der Waals surface area contributed by atoms with Crippen molar-refractivity contribution in [1.82, 2.24) is 24.6 Å². The van der Waals surface area contributed by atoms with Gasteiger partial charge in [-0.05, 0) is 49.9 Å². The fraction of sp³-hybridized carbons (Fsp3) is 0.314. The summed E-state index contributed by atoms with van der Waals surface area (Å²) in [6.07, 6.45) is 2.30. The fourth-order valence-corrected chi connectivity index (χ4v) is 5.96. The molecule has 0 radical (unpaired) electrons. The zero-order valence-electron chi connectivity index (χ0n) is 24.7. The van der Waals surface area contributed by atoms with Crippen LogP contribution >= 0.6 is 0 Å². The molecule has 214 valence electrons. The third-order valence-electron chi connectivity index (χ3n) is 8.23. The lowest BCUT2D eigenvalue weighted by molar-refractivity contribution is -0.132. The molecule has 0 aliphatic carbocycles. The lowest BCUT2D eigenvalue weighted by atomic mass is 9.95. The van der Waals surface area contributed by atoms with E-state index in [-0.39, 0.29) is 11.8 Å². The van der Waals surface area contributed by atoms with E-state index >= 15 is 0 Å². The first-order valence-electron chi connectivity index (χ1n) is 15.0. The molecule has 1 saturated heterocycles. The summed E-state index contributed by atoms with van der Waals surface area (Å²) in [6, 6.07) is 28.9. The van der Waals surface area contributed by atoms with Crippen molar-refractivity contribution >= 4 is 22.8 Å². The third-order valence-corrected chi connectivity index (χ3v) is 8.23. The molecule has 0 N–H and O–H groups in total. The number of fused-ring (bicyclic) bond motifs is 1. The van der Waals surface area contributed by atoms with Gasteiger partial charge in [-0.2, -0.15) is 5.10 Å². The van der Waals surface area contributed by atoms with Crippen LogP contribution in [0.5, 0.6) is 0 Å². The van der Waals surface area contributed by atoms with E-state index in [1.807, 2.05) is 52.9 Å². The highest BCUT2D eigenvalue weighted by Crippen LogP contribution is 2.31. The van der Waals surface area contributed by atoms with E-state index in [0.29, 0.717) is 19.5 Å². The van der Waals surface area contributed by atoms with Gasteiger partial charge >= 0.3 is 0 Å². The summed E-state index contributed by atoms with van der Waals surface area (Å²) in [5.41, 5.74) is 6.19. The van der Waals surface area contributed by atoms with Crippen molar-refractivity contribution in [3.63, 3.8) is 0 Å². The Morgan fingerprint density at radius 2 is 1.55 bits per heavy atom. The molecule has 3 heterocycles. The molecule has 3 aromatic carbocycles. The normalized spacial score (nSPS) is 14.6. The molecule has 42 heavy (non-hydrogen) atoms. The molecule has 1 aliphatic heterocycles. The molecule has 1 atom stereocenters. The van der Waals surface area contributed by atoms with Gasteiger partial charge in [0.2, 0.25) is 5.91 Å². The van der Waals surface area contributed by atoms with Crippen molar-refractivity contribution in [2.24, 2.45) is 0 Å². The molecule has 1 amide bonds. The predicted octanol–water partition coefficient (Wildman–Crippen LogP) is 6.26. The van der Waals surface area contributed by atoms with Gasteiger partial charge in [-0.1, -0.05) is 85.3 Å². The number of aromatic nitrogens is 4. The molecule has 0 saturated carbocycles. The lowest BCUT2D eigenvalue weighted by Gasteiger charge is -2.26. The summed E-state index contributed by atoms with van der Waals surface area (Å²) < 4.78 is 1.94. The number of anilines is 1. The van der Waals surface area contributed by atoms with Gasteiger partial charge in [0, 0.05) is 32.6 Å². The van der Waals surface area contributed by atoms with E-state index in [2.05, 4.69) is 67.3 Å². The van der Waals surface area contributed by atoms with Crippen LogP contribution in [0.15, 0.2) is 84.9 Å². The second-order valence-corrected chi connectivity index (χ2v) is 11.2. The second-order valence-electron chi connectivity index (χ2n) is 11.2. The van der Waals surface area contributed by atoms with E-state index in [1.54, 1.807) is 0 Å². The molecule has 7 nitrogen and oxygen atoms in total. The van der Waals surface area contributed by atoms with E-state index in [9.17, 15) is 4.79 Å². The maximum absolute atomic E-state index is 13.7. The van der Waals surface area contributed by atoms with Crippen LogP contribution in [0.2, 0.25) is 0 Å². The first kappa shape index (κ1) is 27.6. The smallest absolute Gasteiger partial charge is 0.230 e. The minimum absolute atomic E-state index is 0.115. The van der Waals surface area contributed by atoms with Crippen LogP contribution in [0.4, 0.5) is 5.82 Å². The number of carbonyl (C=O) groups is 1. The van der Waals surface area contributed by atoms with Crippen molar-refractivity contribution in [2.45, 2.75) is 46.0 Å². The fourth-order valence-electron chi connectivity index (χ4n) is 5.96. The molecule has 0 spiro atoms. The van der Waals surface area contributed by atoms with Gasteiger partial charge in [-0.25, -0.2) is 14.6 Å². The number of carbonyl (C=O) groups excluding carboxylic acids is 1. The average Bonchev–Trinajstić information content (AvgIpc) is 3.17. The number of para-hydroxylation sites is 1. The summed E-state index contributed by atoms with van der Waals surface area (Å²) in [4.78, 5) is 28.3. The zero-order valence-corrected chi connectivity index (χ0v) is 24.7. The summed E-state index contributed by atoms with van der Waals surface area (Å²) >= 11 is 0. The van der Waals surface area contributed by atoms with E-state index in [4.69, 9.17) is 15.1 Å². The summed E-state index contributed by atoms with van der Waals surface area (Å²) in [6.45, 7) is 9.16. The van der Waals surface area contributed by atoms with Crippen LogP contribution in [0, 0.1) is 13.8 Å². The highest BCUT2D eigenvalue weighted by atomic mass is 16.2. The Bertz CT molecular complexity index is 1660. The van der Waals surface area contributed by atoms with E-state index in [0.717, 1.165) is 65.6 Å². The molecule has 6 rings (SSSR count). The monoisotopic (exact) mass is 558 g/mol. The summed E-state index contributed by atoms with van der Waals surface area (Å²) in [7, 11) is 0. The van der Waals surface area contributed by atoms with Crippen molar-refractivity contribution in [1.29, 1.82) is 0 Å². The van der Waals surface area contributed by atoms with Crippen LogP contribution < -0.4 is 4.90 Å². The van der Waals surface area contributed by atoms with Gasteiger partial charge in [0.1, 0.15) is 11.6 Å². The summed E-state index contributed by atoms with van der Waals surface area (Å²) in [5, 5.41) is 5.91. The Labute approximate surface area is 247 Å². The third kappa shape index (κ3) is 5.64. The van der Waals surface area contributed by atoms with Crippen molar-refractivity contribution in [2.75, 3.05) is 31.1 Å². The molecule has 2 aromatic heterocycles. The minimum atomic E-state index is -0.115. The van der Waals surface area contributed by atoms with Gasteiger partial charge in [0.15, 0.2) is 5.65 Å². The standard InChI is InChI=1S/C35H38N6O/c1-4-30(28-12-7-5-8-13-28)35(42)40-21-11-20-39(22-23-40)33-32-26(3)38-41(29-14-9-6-10-15-29)34(32)37-31(36-33)24-27-18-16-25(2)17-19-27/h5-10,12-19,30H,4,11,20-24H2,1-3H3/t30-/m0/s1. The number of hydrogen-bond acceptors (Lipinski definition) is 5. The van der Waals surface area contributed by atoms with Crippen molar-refractivity contribution in [3.8, 4) is 5.69 Å². The largest absolute Gasteiger partial charge is 0.354 e. The Morgan fingerprint density at radius 1 is 0.833 bits per heavy atom. The topological polar surface area (TPSA) is 67.2 Å². The number of aryl methyl sites for hydroxylation is 2. The number of hydrogen-bond donors (Lipinski definition) is 0. The maximum atomic E-state index is 13.7. The van der Waals surface area contributed by atoms with Crippen molar-refractivity contribution in [3.05, 3.63) is 113 Å². The van der Waals surface area contributed by atoms with Gasteiger partial charge < -0.3 is 9.80 Å². The van der Waals surface area contributed by atoms with Gasteiger partial charge in [-0.15, -0.1) is 0 Å². The molecule has 1 aliphatic rings. The van der Waals surface area contributed by atoms with Crippen LogP contribution in [-0.2, 0) is 11.2 Å². The number of rotatable bonds is 7. The Morgan fingerprint density at radius 3 is 2.26 bits per heavy atom. The Kier molecular flexibility index (Phi) is 8.00. The highest BCUT2D eigenvalue weighted by molar-refractivity contribution is 5.91. The Hall–Kier alpha value is -4.52. The molecule has 5 aromatic rings. The second kappa shape index (κ2) is 12.1. The number of amides is 1. The van der Waals surface area contributed by atoms with E-state index < -0.39 is 0 Å². The minimum Gasteiger partial charge on any atom is -0.354 e. The SMILES string of the molecule is CC[C@H](C(=O)N1CCCN(c2nc(Cc3ccc(C)cc3)nc3c2c(C)nn3-c2ccccc2)CC1)c1ccccc1. The van der Waals surface area contributed by atoms with Gasteiger partial charge in [-0.3, -0.25) is 4.79 Å². The molecule has 0 unspecified atom stereocenters. The van der Waals surface area contributed by atoms with Crippen LogP contribution in [0.1, 0.15) is 53.9 Å². The number of benzene rings is 3. The van der Waals surface area contributed by atoms with E-state index in [1.165, 1.54) is 11.1 Å². The van der Waals surface area contributed by atoms with Gasteiger partial charge in [0.25, 0.3) is 0 Å². The predicted molar refractivity (Wildman–Crippen MR) is 168 cm³/mol. The first-order valence-corrected chi connectivity index (χ1v) is 15.0. The maximum Gasteiger partial charge on any atom is 0.230 e. The molecule has 1 fully saturated rings. The highest BCUT2D eigenvalue weighted by Gasteiger charge is 2.28. The average molecular weight is 559 g/mol. The molecule has 7 heteroatoms. The zero-order chi connectivity index (χ0) is 29.1. The number of nitrogens with zero attached hydrogens (tertiary/aromatic N) is 6. The van der Waals surface area contributed by atoms with Crippen LogP contribution in [-0.4, -0.2) is 56.7 Å². The van der Waals surface area contributed by atoms with Crippen LogP contribution in [0.3, 0.4) is 0 Å². The molecular formula is C35H38N6O. The Balaban J connectivity index is 1.35.